The summed E-state index contributed by atoms with van der Waals surface area (Å²) in [6.07, 6.45) is 9.95. The largest absolute Gasteiger partial charge is 0.444 e. The fourth-order valence-electron chi connectivity index (χ4n) is 4.14. The van der Waals surface area contributed by atoms with Gasteiger partial charge >= 0.3 is 6.09 Å². The standard InChI is InChI=1S/C30H53NO5/c1-24(2)18-14-11-9-7-6-8-10-12-17-21-27(32)28(33)26(31-29(34)36-30(3,4)5)23-35-22-25-19-15-13-16-20-25/h13,15-16,19-20,24,26-28,32-33H,6-12,14,17-18,21-23H2,1-5H3,(H,31,34)/t26-,27+,28-/m0/s1. The lowest BCUT2D eigenvalue weighted by atomic mass is 9.99. The molecule has 0 aromatic heterocycles. The van der Waals surface area contributed by atoms with Gasteiger partial charge in [0.25, 0.3) is 0 Å². The van der Waals surface area contributed by atoms with Crippen LogP contribution in [0.5, 0.6) is 0 Å². The molecular formula is C30H53NO5. The zero-order chi connectivity index (χ0) is 26.8. The molecule has 208 valence electrons. The third-order valence-corrected chi connectivity index (χ3v) is 6.20. The summed E-state index contributed by atoms with van der Waals surface area (Å²) >= 11 is 0. The Labute approximate surface area is 220 Å². The van der Waals surface area contributed by atoms with E-state index in [4.69, 9.17) is 9.47 Å². The van der Waals surface area contributed by atoms with E-state index in [-0.39, 0.29) is 6.61 Å². The van der Waals surface area contributed by atoms with Gasteiger partial charge in [-0.05, 0) is 38.7 Å². The van der Waals surface area contributed by atoms with Gasteiger partial charge in [-0.2, -0.15) is 0 Å². The normalized spacial score (nSPS) is 14.4. The molecule has 0 saturated heterocycles. The number of aliphatic hydroxyl groups excluding tert-OH is 2. The number of aliphatic hydroxyl groups is 2. The maximum absolute atomic E-state index is 12.3. The van der Waals surface area contributed by atoms with Gasteiger partial charge in [-0.25, -0.2) is 4.79 Å². The van der Waals surface area contributed by atoms with Crippen LogP contribution >= 0.6 is 0 Å². The van der Waals surface area contributed by atoms with Gasteiger partial charge in [0.15, 0.2) is 0 Å². The molecule has 0 aliphatic rings. The average Bonchev–Trinajstić information content (AvgIpc) is 2.80. The predicted octanol–water partition coefficient (Wildman–Crippen LogP) is 6.77. The van der Waals surface area contributed by atoms with Crippen molar-refractivity contribution in [3.8, 4) is 0 Å². The van der Waals surface area contributed by atoms with E-state index in [0.29, 0.717) is 13.0 Å². The van der Waals surface area contributed by atoms with Crippen molar-refractivity contribution in [2.75, 3.05) is 6.61 Å². The van der Waals surface area contributed by atoms with Crippen molar-refractivity contribution in [1.82, 2.24) is 5.32 Å². The van der Waals surface area contributed by atoms with Gasteiger partial charge in [0.05, 0.1) is 25.4 Å². The molecule has 6 heteroatoms. The number of rotatable bonds is 19. The zero-order valence-corrected chi connectivity index (χ0v) is 23.5. The zero-order valence-electron chi connectivity index (χ0n) is 23.5. The van der Waals surface area contributed by atoms with Crippen molar-refractivity contribution in [2.45, 2.75) is 136 Å². The van der Waals surface area contributed by atoms with E-state index >= 15 is 0 Å². The molecule has 1 aromatic carbocycles. The summed E-state index contributed by atoms with van der Waals surface area (Å²) in [4.78, 5) is 12.3. The number of nitrogens with one attached hydrogen (secondary N) is 1. The summed E-state index contributed by atoms with van der Waals surface area (Å²) in [5.41, 5.74) is 0.344. The number of carbonyl (C=O) groups is 1. The minimum Gasteiger partial charge on any atom is -0.444 e. The quantitative estimate of drug-likeness (QED) is 0.180. The average molecular weight is 508 g/mol. The topological polar surface area (TPSA) is 88.0 Å². The van der Waals surface area contributed by atoms with E-state index in [0.717, 1.165) is 30.7 Å². The number of benzene rings is 1. The number of ether oxygens (including phenoxy) is 2. The van der Waals surface area contributed by atoms with Gasteiger partial charge < -0.3 is 25.0 Å². The molecule has 3 atom stereocenters. The van der Waals surface area contributed by atoms with Gasteiger partial charge in [0.2, 0.25) is 0 Å². The van der Waals surface area contributed by atoms with E-state index in [9.17, 15) is 15.0 Å². The first kappa shape index (κ1) is 32.4. The number of unbranched alkanes of at least 4 members (excludes halogenated alkanes) is 8. The molecule has 0 fully saturated rings. The summed E-state index contributed by atoms with van der Waals surface area (Å²) < 4.78 is 11.1. The van der Waals surface area contributed by atoms with E-state index in [2.05, 4.69) is 19.2 Å². The first-order valence-electron chi connectivity index (χ1n) is 14.1. The minimum absolute atomic E-state index is 0.0729. The minimum atomic E-state index is -1.14. The third kappa shape index (κ3) is 16.9. The SMILES string of the molecule is CC(C)CCCCCCCCCCC[C@@H](O)[C@@H](O)[C@H](COCc1ccccc1)NC(=O)OC(C)(C)C. The molecule has 0 heterocycles. The van der Waals surface area contributed by atoms with E-state index in [1.165, 1.54) is 44.9 Å². The molecule has 0 bridgehead atoms. The van der Waals surface area contributed by atoms with Crippen LogP contribution in [0, 0.1) is 5.92 Å². The molecule has 0 unspecified atom stereocenters. The Hall–Kier alpha value is -1.63. The van der Waals surface area contributed by atoms with Gasteiger partial charge in [-0.1, -0.05) is 108 Å². The Kier molecular flexibility index (Phi) is 16.7. The van der Waals surface area contributed by atoms with Gasteiger partial charge in [-0.3, -0.25) is 0 Å². The number of amides is 1. The van der Waals surface area contributed by atoms with Crippen molar-refractivity contribution in [2.24, 2.45) is 5.92 Å². The Balaban J connectivity index is 2.36. The molecule has 0 radical (unpaired) electrons. The molecule has 0 aliphatic heterocycles. The monoisotopic (exact) mass is 507 g/mol. The molecule has 6 nitrogen and oxygen atoms in total. The molecule has 1 aromatic rings. The fraction of sp³-hybridized carbons (Fsp3) is 0.767. The molecule has 0 spiro atoms. The molecule has 0 aliphatic carbocycles. The number of hydrogen-bond donors (Lipinski definition) is 3. The molecule has 36 heavy (non-hydrogen) atoms. The van der Waals surface area contributed by atoms with Crippen molar-refractivity contribution in [1.29, 1.82) is 0 Å². The van der Waals surface area contributed by atoms with Crippen LogP contribution in [-0.2, 0) is 16.1 Å². The van der Waals surface area contributed by atoms with Gasteiger partial charge in [-0.15, -0.1) is 0 Å². The second-order valence-electron chi connectivity index (χ2n) is 11.5. The molecule has 3 N–H and O–H groups in total. The third-order valence-electron chi connectivity index (χ3n) is 6.20. The number of hydrogen-bond acceptors (Lipinski definition) is 5. The second-order valence-corrected chi connectivity index (χ2v) is 11.5. The van der Waals surface area contributed by atoms with E-state index in [1.807, 2.05) is 30.3 Å². The lowest BCUT2D eigenvalue weighted by molar-refractivity contribution is -0.0367. The van der Waals surface area contributed by atoms with Gasteiger partial charge in [0.1, 0.15) is 11.7 Å². The summed E-state index contributed by atoms with van der Waals surface area (Å²) in [5.74, 6) is 0.809. The highest BCUT2D eigenvalue weighted by Gasteiger charge is 2.29. The van der Waals surface area contributed by atoms with Crippen LogP contribution in [0.15, 0.2) is 30.3 Å². The molecule has 0 saturated carbocycles. The number of alkyl carbamates (subject to hydrolysis) is 1. The van der Waals surface area contributed by atoms with Gasteiger partial charge in [0, 0.05) is 0 Å². The van der Waals surface area contributed by atoms with Crippen LogP contribution in [0.25, 0.3) is 0 Å². The Bertz CT molecular complexity index is 674. The Morgan fingerprint density at radius 2 is 1.39 bits per heavy atom. The molecule has 1 amide bonds. The maximum Gasteiger partial charge on any atom is 0.408 e. The lowest BCUT2D eigenvalue weighted by Crippen LogP contribution is -2.52. The van der Waals surface area contributed by atoms with Crippen LogP contribution in [-0.4, -0.2) is 46.8 Å². The predicted molar refractivity (Wildman–Crippen MR) is 147 cm³/mol. The van der Waals surface area contributed by atoms with Crippen molar-refractivity contribution in [3.63, 3.8) is 0 Å². The van der Waals surface area contributed by atoms with E-state index < -0.39 is 29.9 Å². The first-order chi connectivity index (χ1) is 17.1. The number of carbonyl (C=O) groups excluding carboxylic acids is 1. The Morgan fingerprint density at radius 3 is 1.92 bits per heavy atom. The summed E-state index contributed by atoms with van der Waals surface area (Å²) in [6.45, 7) is 10.3. The van der Waals surface area contributed by atoms with Crippen LogP contribution < -0.4 is 5.32 Å². The fourth-order valence-corrected chi connectivity index (χ4v) is 4.14. The van der Waals surface area contributed by atoms with E-state index in [1.54, 1.807) is 20.8 Å². The summed E-state index contributed by atoms with van der Waals surface area (Å²) in [6, 6.07) is 8.94. The van der Waals surface area contributed by atoms with Crippen LogP contribution in [0.4, 0.5) is 4.79 Å². The maximum atomic E-state index is 12.3. The molecular weight excluding hydrogens is 454 g/mol. The summed E-state index contributed by atoms with van der Waals surface area (Å²) in [5, 5.41) is 24.1. The highest BCUT2D eigenvalue weighted by atomic mass is 16.6. The second kappa shape index (κ2) is 18.6. The molecule has 1 rings (SSSR count). The summed E-state index contributed by atoms with van der Waals surface area (Å²) in [7, 11) is 0. The van der Waals surface area contributed by atoms with Crippen molar-refractivity contribution < 1.29 is 24.5 Å². The van der Waals surface area contributed by atoms with Crippen LogP contribution in [0.3, 0.4) is 0 Å². The van der Waals surface area contributed by atoms with Crippen molar-refractivity contribution in [3.05, 3.63) is 35.9 Å². The Morgan fingerprint density at radius 1 is 0.861 bits per heavy atom. The first-order valence-corrected chi connectivity index (χ1v) is 14.1. The highest BCUT2D eigenvalue weighted by molar-refractivity contribution is 5.68. The smallest absolute Gasteiger partial charge is 0.408 e. The van der Waals surface area contributed by atoms with Crippen LogP contribution in [0.2, 0.25) is 0 Å². The van der Waals surface area contributed by atoms with Crippen molar-refractivity contribution >= 4 is 6.09 Å². The lowest BCUT2D eigenvalue weighted by Gasteiger charge is -2.29. The van der Waals surface area contributed by atoms with Crippen LogP contribution in [0.1, 0.15) is 111 Å². The highest BCUT2D eigenvalue weighted by Crippen LogP contribution is 2.16.